The van der Waals surface area contributed by atoms with E-state index in [4.69, 9.17) is 43.1 Å². The third kappa shape index (κ3) is 12.2. The summed E-state index contributed by atoms with van der Waals surface area (Å²) in [7, 11) is 0. The van der Waals surface area contributed by atoms with Gasteiger partial charge in [0.1, 0.15) is 10.3 Å². The highest BCUT2D eigenvalue weighted by Gasteiger charge is 2.16. The van der Waals surface area contributed by atoms with E-state index in [0.717, 1.165) is 72.7 Å². The fraction of sp³-hybridized carbons (Fsp3) is 0.0370. The van der Waals surface area contributed by atoms with Gasteiger partial charge in [0.05, 0.1) is 34.2 Å². The molecule has 4 heterocycles. The van der Waals surface area contributed by atoms with Gasteiger partial charge in [0.25, 0.3) is 0 Å². The Labute approximate surface area is 402 Å². The van der Waals surface area contributed by atoms with Gasteiger partial charge < -0.3 is 0 Å². The van der Waals surface area contributed by atoms with Gasteiger partial charge in [-0.3, -0.25) is 0 Å². The van der Waals surface area contributed by atoms with Crippen molar-refractivity contribution in [1.29, 1.82) is 0 Å². The fourth-order valence-electron chi connectivity index (χ4n) is 6.61. The van der Waals surface area contributed by atoms with Gasteiger partial charge in [-0.05, 0) is 30.7 Å². The van der Waals surface area contributed by atoms with Gasteiger partial charge in [-0.2, -0.15) is 0 Å². The molecule has 0 atom stereocenters. The zero-order valence-corrected chi connectivity index (χ0v) is 38.9. The van der Waals surface area contributed by atoms with E-state index in [9.17, 15) is 0 Å². The van der Waals surface area contributed by atoms with Crippen LogP contribution in [0.25, 0.3) is 79.2 Å². The van der Waals surface area contributed by atoms with E-state index in [2.05, 4.69) is 92.7 Å². The second-order valence-electron chi connectivity index (χ2n) is 14.2. The highest BCUT2D eigenvalue weighted by molar-refractivity contribution is 7.98. The lowest BCUT2D eigenvalue weighted by atomic mass is 10.1. The first-order chi connectivity index (χ1) is 32.4. The molecule has 12 heteroatoms. The van der Waals surface area contributed by atoms with Crippen LogP contribution >= 0.6 is 46.7 Å². The van der Waals surface area contributed by atoms with E-state index in [1.54, 1.807) is 11.8 Å². The minimum Gasteiger partial charge on any atom is -0.225 e. The molecule has 10 rings (SSSR count). The number of nitrogens with zero attached hydrogens (tertiary/aromatic N) is 8. The molecule has 0 radical (unpaired) electrons. The number of halogens is 2. The van der Waals surface area contributed by atoms with Crippen molar-refractivity contribution < 1.29 is 0 Å². The van der Waals surface area contributed by atoms with Crippen LogP contribution < -0.4 is 0 Å². The predicted molar refractivity (Wildman–Crippen MR) is 273 cm³/mol. The average Bonchev–Trinajstić information content (AvgIpc) is 3.40. The lowest BCUT2D eigenvalue weighted by Crippen LogP contribution is -2.01. The van der Waals surface area contributed by atoms with Gasteiger partial charge in [-0.25, -0.2) is 39.9 Å². The number of hydrogen-bond donors (Lipinski definition) is 0. The molecule has 0 fully saturated rings. The molecule has 0 N–H and O–H groups in total. The van der Waals surface area contributed by atoms with Gasteiger partial charge in [0.2, 0.25) is 0 Å². The maximum atomic E-state index is 5.58. The van der Waals surface area contributed by atoms with Crippen LogP contribution in [-0.4, -0.2) is 52.4 Å². The number of aromatic nitrogens is 8. The summed E-state index contributed by atoms with van der Waals surface area (Å²) in [6.45, 7) is 0. The first-order valence-electron chi connectivity index (χ1n) is 20.7. The van der Waals surface area contributed by atoms with Crippen LogP contribution in [-0.2, 0) is 0 Å². The molecule has 4 aromatic heterocycles. The molecule has 66 heavy (non-hydrogen) atoms. The monoisotopic (exact) mass is 934 g/mol. The topological polar surface area (TPSA) is 103 Å². The van der Waals surface area contributed by atoms with E-state index in [1.165, 1.54) is 17.8 Å². The molecule has 0 saturated carbocycles. The van der Waals surface area contributed by atoms with Crippen LogP contribution in [0, 0.1) is 0 Å². The van der Waals surface area contributed by atoms with E-state index in [1.807, 2.05) is 140 Å². The lowest BCUT2D eigenvalue weighted by molar-refractivity contribution is 0.971. The highest BCUT2D eigenvalue weighted by Crippen LogP contribution is 2.31. The maximum absolute atomic E-state index is 5.58. The normalized spacial score (nSPS) is 10.5. The highest BCUT2D eigenvalue weighted by atomic mass is 35.5. The van der Waals surface area contributed by atoms with Gasteiger partial charge >= 0.3 is 0 Å². The molecule has 0 unspecified atom stereocenters. The van der Waals surface area contributed by atoms with Crippen molar-refractivity contribution >= 4 is 46.7 Å². The van der Waals surface area contributed by atoms with Crippen molar-refractivity contribution in [1.82, 2.24) is 39.9 Å². The van der Waals surface area contributed by atoms with E-state index in [-0.39, 0.29) is 0 Å². The number of benzene rings is 6. The lowest BCUT2D eigenvalue weighted by Gasteiger charge is -2.11. The Kier molecular flexibility index (Phi) is 15.6. The zero-order chi connectivity index (χ0) is 45.5. The van der Waals surface area contributed by atoms with Gasteiger partial charge in [-0.15, -0.1) is 0 Å². The summed E-state index contributed by atoms with van der Waals surface area (Å²) in [4.78, 5) is 36.7. The molecule has 322 valence electrons. The summed E-state index contributed by atoms with van der Waals surface area (Å²) in [5.74, 6) is 0.982. The maximum Gasteiger partial charge on any atom is 0.198 e. The van der Waals surface area contributed by atoms with Crippen molar-refractivity contribution in [3.63, 3.8) is 0 Å². The van der Waals surface area contributed by atoms with Gasteiger partial charge in [-0.1, -0.05) is 229 Å². The standard InChI is InChI=1S/C32H22N4.C17H14N2S.C5H4Cl2N2S/c1-5-13-23(14-6-1)27-21-28(24-15-7-2-8-16-24)34-31(33-27)32-35-29(25-17-9-3-10-18-25)22-30(36-32)26-19-11-4-12-20-26;1-20-17-18-15(13-8-4-2-5-9-13)12-16(19-17)14-10-6-3-7-11-14;1-10-5-8-3(6)2-4(7)9-5/h1-22H;2-12H,1H3;2H,1H3. The quantitative estimate of drug-likeness (QED) is 0.0789. The third-order valence-electron chi connectivity index (χ3n) is 9.78. The molecule has 0 aliphatic heterocycles. The summed E-state index contributed by atoms with van der Waals surface area (Å²) >= 11 is 14.1. The molecule has 10 aromatic rings. The van der Waals surface area contributed by atoms with Crippen LogP contribution in [0.3, 0.4) is 0 Å². The second kappa shape index (κ2) is 22.7. The van der Waals surface area contributed by atoms with Crippen molar-refractivity contribution in [3.05, 3.63) is 217 Å². The molecule has 0 aliphatic carbocycles. The average molecular weight is 936 g/mol. The van der Waals surface area contributed by atoms with E-state index < -0.39 is 0 Å². The first kappa shape index (κ1) is 45.5. The van der Waals surface area contributed by atoms with Crippen molar-refractivity contribution in [2.24, 2.45) is 0 Å². The number of rotatable bonds is 9. The van der Waals surface area contributed by atoms with Crippen LogP contribution in [0.2, 0.25) is 10.3 Å². The third-order valence-corrected chi connectivity index (χ3v) is 11.3. The molecule has 0 bridgehead atoms. The van der Waals surface area contributed by atoms with Gasteiger partial charge in [0, 0.05) is 39.4 Å². The Hall–Kier alpha value is -7.08. The summed E-state index contributed by atoms with van der Waals surface area (Å²) in [6.07, 6.45) is 3.86. The van der Waals surface area contributed by atoms with Crippen LogP contribution in [0.5, 0.6) is 0 Å². The molecule has 6 aromatic carbocycles. The van der Waals surface area contributed by atoms with Crippen molar-refractivity contribution in [2.45, 2.75) is 10.3 Å². The molecule has 0 amide bonds. The van der Waals surface area contributed by atoms with Crippen LogP contribution in [0.4, 0.5) is 0 Å². The second-order valence-corrected chi connectivity index (χ2v) is 16.6. The summed E-state index contributed by atoms with van der Waals surface area (Å²) < 4.78 is 0. The largest absolute Gasteiger partial charge is 0.225 e. The Balaban J connectivity index is 0.000000164. The number of thioether (sulfide) groups is 2. The molecular formula is C54H40Cl2N8S2. The zero-order valence-electron chi connectivity index (χ0n) is 35.8. The smallest absolute Gasteiger partial charge is 0.198 e. The number of hydrogen-bond acceptors (Lipinski definition) is 10. The SMILES string of the molecule is CSc1nc(-c2ccccc2)cc(-c2ccccc2)n1.CSc1nc(Cl)cc(Cl)n1.c1ccc(-c2cc(-c3ccccc3)nc(-c3nc(-c4ccccc4)cc(-c4ccccc4)n3)n2)cc1. The molecular weight excluding hydrogens is 896 g/mol. The minimum absolute atomic E-state index is 0.379. The summed E-state index contributed by atoms with van der Waals surface area (Å²) in [5.41, 5.74) is 11.5. The Morgan fingerprint density at radius 3 is 0.712 bits per heavy atom. The van der Waals surface area contributed by atoms with Crippen molar-refractivity contribution in [2.75, 3.05) is 12.5 Å². The molecule has 0 saturated heterocycles. The van der Waals surface area contributed by atoms with Crippen LogP contribution in [0.15, 0.2) is 217 Å². The molecule has 0 spiro atoms. The van der Waals surface area contributed by atoms with E-state index in [0.29, 0.717) is 27.1 Å². The summed E-state index contributed by atoms with van der Waals surface area (Å²) in [5, 5.41) is 2.15. The Bertz CT molecular complexity index is 2800. The van der Waals surface area contributed by atoms with Crippen LogP contribution in [0.1, 0.15) is 0 Å². The van der Waals surface area contributed by atoms with Crippen molar-refractivity contribution in [3.8, 4) is 79.2 Å². The fourth-order valence-corrected chi connectivity index (χ4v) is 7.89. The van der Waals surface area contributed by atoms with E-state index >= 15 is 0 Å². The molecule has 8 nitrogen and oxygen atoms in total. The first-order valence-corrected chi connectivity index (χ1v) is 23.9. The Morgan fingerprint density at radius 1 is 0.273 bits per heavy atom. The molecule has 0 aliphatic rings. The Morgan fingerprint density at radius 2 is 0.485 bits per heavy atom. The van der Waals surface area contributed by atoms with Gasteiger partial charge in [0.15, 0.2) is 22.0 Å². The minimum atomic E-state index is 0.379. The summed E-state index contributed by atoms with van der Waals surface area (Å²) in [6, 6.07) is 68.5. The predicted octanol–water partition coefficient (Wildman–Crippen LogP) is 14.6.